The van der Waals surface area contributed by atoms with Gasteiger partial charge in [-0.05, 0) is 25.7 Å². The van der Waals surface area contributed by atoms with Crippen LogP contribution in [0.5, 0.6) is 0 Å². The third-order valence-corrected chi connectivity index (χ3v) is 5.69. The maximum atomic E-state index is 12.1. The first-order valence-electron chi connectivity index (χ1n) is 6.73. The van der Waals surface area contributed by atoms with Crippen LogP contribution in [-0.4, -0.2) is 34.5 Å². The number of Topliss-reactive ketones (excluding diaryl/α,β-unsaturated/α-hetero) is 2. The average Bonchev–Trinajstić information content (AvgIpc) is 2.99. The van der Waals surface area contributed by atoms with E-state index < -0.39 is 23.0 Å². The van der Waals surface area contributed by atoms with Crippen molar-refractivity contribution in [2.24, 2.45) is 17.3 Å². The molecule has 0 aromatic carbocycles. The molecular weight excluding hydrogens is 232 g/mol. The Kier molecular flexibility index (Phi) is 2.34. The Morgan fingerprint density at radius 3 is 2.78 bits per heavy atom. The number of ether oxygens (including phenoxy) is 1. The second-order valence-electron chi connectivity index (χ2n) is 6.42. The van der Waals surface area contributed by atoms with Crippen LogP contribution in [0.4, 0.5) is 0 Å². The third-order valence-electron chi connectivity index (χ3n) is 5.69. The second-order valence-corrected chi connectivity index (χ2v) is 6.42. The van der Waals surface area contributed by atoms with Crippen molar-refractivity contribution in [3.8, 4) is 0 Å². The fourth-order valence-electron chi connectivity index (χ4n) is 4.60. The maximum absolute atomic E-state index is 12.1. The molecule has 18 heavy (non-hydrogen) atoms. The van der Waals surface area contributed by atoms with Crippen molar-refractivity contribution in [3.05, 3.63) is 0 Å². The summed E-state index contributed by atoms with van der Waals surface area (Å²) < 4.78 is 5.83. The van der Waals surface area contributed by atoms with E-state index in [0.29, 0.717) is 19.3 Å². The van der Waals surface area contributed by atoms with E-state index in [0.717, 1.165) is 0 Å². The number of ketones is 2. The van der Waals surface area contributed by atoms with Gasteiger partial charge >= 0.3 is 0 Å². The number of carbonyl (C=O) groups excluding carboxylic acids is 2. The molecule has 1 unspecified atom stereocenters. The van der Waals surface area contributed by atoms with Gasteiger partial charge in [0.15, 0.2) is 0 Å². The lowest BCUT2D eigenvalue weighted by Crippen LogP contribution is -2.60. The van der Waals surface area contributed by atoms with Gasteiger partial charge in [0.2, 0.25) is 0 Å². The quantitative estimate of drug-likeness (QED) is 0.560. The molecule has 2 saturated carbocycles. The van der Waals surface area contributed by atoms with Crippen LogP contribution >= 0.6 is 0 Å². The molecule has 100 valence electrons. The molecule has 4 heteroatoms. The van der Waals surface area contributed by atoms with E-state index in [4.69, 9.17) is 4.74 Å². The second kappa shape index (κ2) is 3.42. The van der Waals surface area contributed by atoms with Crippen LogP contribution in [0.15, 0.2) is 0 Å². The molecule has 6 atom stereocenters. The Hall–Kier alpha value is -0.740. The predicted octanol–water partition coefficient (Wildman–Crippen LogP) is 1.10. The number of epoxide rings is 1. The van der Waals surface area contributed by atoms with Crippen LogP contribution in [0.25, 0.3) is 0 Å². The number of aliphatic hydroxyl groups is 1. The molecule has 0 radical (unpaired) electrons. The zero-order valence-corrected chi connectivity index (χ0v) is 11.1. The van der Waals surface area contributed by atoms with Gasteiger partial charge in [-0.1, -0.05) is 13.8 Å². The molecule has 1 N–H and O–H groups in total. The number of aliphatic hydroxyl groups excluding tert-OH is 1. The van der Waals surface area contributed by atoms with Crippen LogP contribution in [-0.2, 0) is 14.3 Å². The van der Waals surface area contributed by atoms with Crippen molar-refractivity contribution in [1.82, 2.24) is 0 Å². The van der Waals surface area contributed by atoms with Crippen molar-refractivity contribution in [2.75, 3.05) is 0 Å². The van der Waals surface area contributed by atoms with E-state index >= 15 is 0 Å². The molecule has 1 spiro atoms. The summed E-state index contributed by atoms with van der Waals surface area (Å²) >= 11 is 0. The normalized spacial score (nSPS) is 54.6. The Balaban J connectivity index is 2.08. The molecule has 0 aromatic rings. The van der Waals surface area contributed by atoms with Gasteiger partial charge in [0.1, 0.15) is 23.3 Å². The van der Waals surface area contributed by atoms with E-state index in [1.54, 1.807) is 0 Å². The summed E-state index contributed by atoms with van der Waals surface area (Å²) in [7, 11) is 0. The van der Waals surface area contributed by atoms with Gasteiger partial charge in [0, 0.05) is 11.8 Å². The molecule has 0 amide bonds. The molecule has 3 aliphatic rings. The van der Waals surface area contributed by atoms with Gasteiger partial charge in [0.05, 0.1) is 12.0 Å². The van der Waals surface area contributed by atoms with Crippen molar-refractivity contribution >= 4 is 11.6 Å². The molecule has 2 aliphatic carbocycles. The summed E-state index contributed by atoms with van der Waals surface area (Å²) in [6, 6.07) is 0. The van der Waals surface area contributed by atoms with E-state index in [2.05, 4.69) is 0 Å². The molecule has 3 rings (SSSR count). The van der Waals surface area contributed by atoms with E-state index in [1.165, 1.54) is 6.92 Å². The van der Waals surface area contributed by atoms with Gasteiger partial charge in [-0.15, -0.1) is 0 Å². The van der Waals surface area contributed by atoms with Crippen molar-refractivity contribution < 1.29 is 19.4 Å². The number of rotatable bonds is 1. The highest BCUT2D eigenvalue weighted by atomic mass is 16.6. The van der Waals surface area contributed by atoms with Crippen LogP contribution < -0.4 is 0 Å². The minimum atomic E-state index is -0.557. The average molecular weight is 252 g/mol. The number of carbonyl (C=O) groups is 2. The summed E-state index contributed by atoms with van der Waals surface area (Å²) in [5.41, 5.74) is -0.883. The Morgan fingerprint density at radius 1 is 1.50 bits per heavy atom. The molecule has 0 bridgehead atoms. The van der Waals surface area contributed by atoms with Crippen molar-refractivity contribution in [1.29, 1.82) is 0 Å². The molecule has 3 fully saturated rings. The smallest absolute Gasteiger partial charge is 0.144 e. The lowest BCUT2D eigenvalue weighted by atomic mass is 9.49. The van der Waals surface area contributed by atoms with Gasteiger partial charge in [0.25, 0.3) is 0 Å². The van der Waals surface area contributed by atoms with Crippen LogP contribution in [0, 0.1) is 17.3 Å². The van der Waals surface area contributed by atoms with Crippen molar-refractivity contribution in [3.63, 3.8) is 0 Å². The zero-order valence-electron chi connectivity index (χ0n) is 11.1. The SMILES string of the molecule is CC(=O)C1C(=O)CC[C@]23O[C@H]2[C@@H](O)C[C@H](C)[C@@]13C. The molecular formula is C14H20O4. The third kappa shape index (κ3) is 1.18. The monoisotopic (exact) mass is 252 g/mol. The summed E-state index contributed by atoms with van der Waals surface area (Å²) in [6.45, 7) is 5.53. The standard InChI is InChI=1S/C14H20O4/c1-7-6-10(17)12-14(18-12)5-4-9(16)11(8(2)15)13(7,14)3/h7,10-12,17H,4-6H2,1-3H3/t7-,10-,11?,12-,13-,14-/m0/s1. The Labute approximate surface area is 107 Å². The molecule has 4 nitrogen and oxygen atoms in total. The summed E-state index contributed by atoms with van der Waals surface area (Å²) in [4.78, 5) is 24.1. The topological polar surface area (TPSA) is 66.9 Å². The predicted molar refractivity (Wildman–Crippen MR) is 63.9 cm³/mol. The van der Waals surface area contributed by atoms with Gasteiger partial charge in [-0.3, -0.25) is 9.59 Å². The highest BCUT2D eigenvalue weighted by Gasteiger charge is 2.77. The minimum absolute atomic E-state index is 0.0492. The molecule has 1 heterocycles. The van der Waals surface area contributed by atoms with E-state index in [1.807, 2.05) is 13.8 Å². The van der Waals surface area contributed by atoms with Gasteiger partial charge < -0.3 is 9.84 Å². The van der Waals surface area contributed by atoms with E-state index in [9.17, 15) is 14.7 Å². The first kappa shape index (κ1) is 12.3. The van der Waals surface area contributed by atoms with Crippen LogP contribution in [0.2, 0.25) is 0 Å². The Bertz CT molecular complexity index is 432. The largest absolute Gasteiger partial charge is 0.390 e. The molecule has 0 aromatic heterocycles. The highest BCUT2D eigenvalue weighted by molar-refractivity contribution is 6.03. The Morgan fingerprint density at radius 2 is 2.17 bits per heavy atom. The van der Waals surface area contributed by atoms with Gasteiger partial charge in [-0.25, -0.2) is 0 Å². The lowest BCUT2D eigenvalue weighted by molar-refractivity contribution is -0.151. The number of hydrogen-bond acceptors (Lipinski definition) is 4. The van der Waals surface area contributed by atoms with Gasteiger partial charge in [-0.2, -0.15) is 0 Å². The summed E-state index contributed by atoms with van der Waals surface area (Å²) in [5, 5.41) is 10.0. The number of hydrogen-bond donors (Lipinski definition) is 1. The van der Waals surface area contributed by atoms with Crippen LogP contribution in [0.3, 0.4) is 0 Å². The first-order valence-corrected chi connectivity index (χ1v) is 6.73. The highest BCUT2D eigenvalue weighted by Crippen LogP contribution is 2.67. The fourth-order valence-corrected chi connectivity index (χ4v) is 4.60. The minimum Gasteiger partial charge on any atom is -0.390 e. The van der Waals surface area contributed by atoms with Crippen LogP contribution in [0.1, 0.15) is 40.0 Å². The van der Waals surface area contributed by atoms with E-state index in [-0.39, 0.29) is 23.6 Å². The first-order chi connectivity index (χ1) is 8.34. The lowest BCUT2D eigenvalue weighted by Gasteiger charge is -2.51. The summed E-state index contributed by atoms with van der Waals surface area (Å²) in [6.07, 6.45) is 1.04. The summed E-state index contributed by atoms with van der Waals surface area (Å²) in [5.74, 6) is -0.449. The zero-order chi connectivity index (χ0) is 13.3. The maximum Gasteiger partial charge on any atom is 0.144 e. The molecule has 1 aliphatic heterocycles. The molecule has 1 saturated heterocycles. The fraction of sp³-hybridized carbons (Fsp3) is 0.857. The van der Waals surface area contributed by atoms with Crippen molar-refractivity contribution in [2.45, 2.75) is 57.8 Å².